The molecule has 4 saturated carbocycles. The van der Waals surface area contributed by atoms with Gasteiger partial charge in [-0.1, -0.05) is 23.7 Å². The highest BCUT2D eigenvalue weighted by molar-refractivity contribution is 5.96. The van der Waals surface area contributed by atoms with Crippen molar-refractivity contribution in [1.82, 2.24) is 0 Å². The van der Waals surface area contributed by atoms with Crippen LogP contribution in [0.2, 0.25) is 0 Å². The fourth-order valence-corrected chi connectivity index (χ4v) is 8.53. The van der Waals surface area contributed by atoms with E-state index in [0.717, 1.165) is 48.1 Å². The molecule has 4 unspecified atom stereocenters. The summed E-state index contributed by atoms with van der Waals surface area (Å²) in [7, 11) is 1.75. The zero-order valence-corrected chi connectivity index (χ0v) is 17.8. The van der Waals surface area contributed by atoms with E-state index >= 15 is 0 Å². The maximum absolute atomic E-state index is 9.33. The number of methoxy groups -OCH3 is 1. The van der Waals surface area contributed by atoms with Crippen molar-refractivity contribution in [1.29, 1.82) is 0 Å². The highest BCUT2D eigenvalue weighted by Gasteiger charge is 2.66. The van der Waals surface area contributed by atoms with Gasteiger partial charge in [-0.05, 0) is 105 Å². The molecule has 0 aromatic carbocycles. The van der Waals surface area contributed by atoms with E-state index in [1.165, 1.54) is 44.9 Å². The van der Waals surface area contributed by atoms with Gasteiger partial charge in [0, 0.05) is 12.5 Å². The van der Waals surface area contributed by atoms with Crippen LogP contribution < -0.4 is 0 Å². The SMILES string of the molecule is COC1C=C[C@@]2(CCC3C4C(CC[C@@]32C)[C@H]2CC/C(=N\O)C=C2C[C@H]4C2CC2)O1. The van der Waals surface area contributed by atoms with E-state index in [0.29, 0.717) is 5.92 Å². The summed E-state index contributed by atoms with van der Waals surface area (Å²) in [5.74, 6) is 4.89. The molecule has 5 aliphatic carbocycles. The summed E-state index contributed by atoms with van der Waals surface area (Å²) in [6.45, 7) is 2.54. The number of rotatable bonds is 2. The maximum Gasteiger partial charge on any atom is 0.177 e. The number of allylic oxidation sites excluding steroid dienone is 2. The van der Waals surface area contributed by atoms with Gasteiger partial charge in [0.2, 0.25) is 0 Å². The molecule has 1 spiro atoms. The minimum absolute atomic E-state index is 0.114. The molecule has 6 rings (SSSR count). The molecule has 0 radical (unpaired) electrons. The van der Waals surface area contributed by atoms with Gasteiger partial charge in [-0.3, -0.25) is 0 Å². The second-order valence-corrected chi connectivity index (χ2v) is 11.0. The highest BCUT2D eigenvalue weighted by atomic mass is 16.7. The molecule has 6 aliphatic rings. The summed E-state index contributed by atoms with van der Waals surface area (Å²) in [4.78, 5) is 0. The summed E-state index contributed by atoms with van der Waals surface area (Å²) in [6, 6.07) is 0. The fourth-order valence-electron chi connectivity index (χ4n) is 8.53. The predicted molar refractivity (Wildman–Crippen MR) is 112 cm³/mol. The zero-order chi connectivity index (χ0) is 19.8. The number of ether oxygens (including phenoxy) is 2. The standard InChI is InChI=1S/C25H35NO3/c1-24-10-7-19-18-6-5-17(26-27)13-16(18)14-20(15-3-4-15)23(19)21(24)8-11-25(24)12-9-22(28-2)29-25/h9,12-13,15,18-23,27H,3-8,10-11,14H2,1-2H3/b26-17+/t18-,19?,20-,21?,22?,23?,24-,25+/m0/s1. The summed E-state index contributed by atoms with van der Waals surface area (Å²) in [5, 5.41) is 12.9. The molecule has 4 nitrogen and oxygen atoms in total. The Kier molecular flexibility index (Phi) is 4.13. The van der Waals surface area contributed by atoms with Crippen molar-refractivity contribution in [3.63, 3.8) is 0 Å². The maximum atomic E-state index is 9.33. The lowest BCUT2D eigenvalue weighted by Crippen LogP contribution is -2.55. The van der Waals surface area contributed by atoms with E-state index in [1.54, 1.807) is 12.7 Å². The van der Waals surface area contributed by atoms with E-state index in [2.05, 4.69) is 30.3 Å². The molecular weight excluding hydrogens is 362 g/mol. The predicted octanol–water partition coefficient (Wildman–Crippen LogP) is 5.32. The first kappa shape index (κ1) is 18.6. The van der Waals surface area contributed by atoms with E-state index < -0.39 is 0 Å². The molecule has 8 atom stereocenters. The Bertz CT molecular complexity index is 783. The fraction of sp³-hybridized carbons (Fsp3) is 0.800. The summed E-state index contributed by atoms with van der Waals surface area (Å²) >= 11 is 0. The third-order valence-electron chi connectivity index (χ3n) is 10.0. The van der Waals surface area contributed by atoms with Gasteiger partial charge in [0.25, 0.3) is 0 Å². The Balaban J connectivity index is 1.36. The van der Waals surface area contributed by atoms with E-state index in [-0.39, 0.29) is 17.3 Å². The van der Waals surface area contributed by atoms with E-state index in [4.69, 9.17) is 9.47 Å². The molecule has 0 amide bonds. The second-order valence-electron chi connectivity index (χ2n) is 11.0. The Morgan fingerprint density at radius 2 is 2.00 bits per heavy atom. The smallest absolute Gasteiger partial charge is 0.177 e. The molecule has 1 aliphatic heterocycles. The molecule has 158 valence electrons. The monoisotopic (exact) mass is 397 g/mol. The van der Waals surface area contributed by atoms with Gasteiger partial charge < -0.3 is 14.7 Å². The first-order valence-electron chi connectivity index (χ1n) is 11.9. The van der Waals surface area contributed by atoms with Crippen LogP contribution in [0, 0.1) is 40.9 Å². The van der Waals surface area contributed by atoms with Gasteiger partial charge >= 0.3 is 0 Å². The van der Waals surface area contributed by atoms with Crippen LogP contribution in [0.15, 0.2) is 29.0 Å². The molecule has 0 aromatic rings. The van der Waals surface area contributed by atoms with Crippen LogP contribution in [0.25, 0.3) is 0 Å². The van der Waals surface area contributed by atoms with Crippen molar-refractivity contribution in [2.45, 2.75) is 76.6 Å². The molecule has 4 fully saturated rings. The number of oxime groups is 1. The number of fused-ring (bicyclic) bond motifs is 6. The van der Waals surface area contributed by atoms with Gasteiger partial charge in [-0.25, -0.2) is 0 Å². The number of nitrogens with zero attached hydrogens (tertiary/aromatic N) is 1. The quantitative estimate of drug-likeness (QED) is 0.390. The minimum Gasteiger partial charge on any atom is -0.411 e. The number of hydrogen-bond acceptors (Lipinski definition) is 4. The summed E-state index contributed by atoms with van der Waals surface area (Å²) in [5.41, 5.74) is 2.63. The second kappa shape index (κ2) is 6.43. The molecular formula is C25H35NO3. The molecule has 0 aromatic heterocycles. The van der Waals surface area contributed by atoms with E-state index in [1.807, 2.05) is 0 Å². The summed E-state index contributed by atoms with van der Waals surface area (Å²) < 4.78 is 12.1. The van der Waals surface area contributed by atoms with Gasteiger partial charge in [0.1, 0.15) is 0 Å². The Labute approximate surface area is 174 Å². The zero-order valence-electron chi connectivity index (χ0n) is 17.8. The third kappa shape index (κ3) is 2.54. The Morgan fingerprint density at radius 3 is 2.72 bits per heavy atom. The minimum atomic E-state index is -0.169. The first-order chi connectivity index (χ1) is 14.1. The largest absolute Gasteiger partial charge is 0.411 e. The average Bonchev–Trinajstić information content (AvgIpc) is 3.44. The van der Waals surface area contributed by atoms with Crippen LogP contribution in [0.3, 0.4) is 0 Å². The Morgan fingerprint density at radius 1 is 1.14 bits per heavy atom. The molecule has 0 bridgehead atoms. The van der Waals surface area contributed by atoms with Crippen LogP contribution in [0.4, 0.5) is 0 Å². The first-order valence-corrected chi connectivity index (χ1v) is 11.9. The van der Waals surface area contributed by atoms with Crippen molar-refractivity contribution in [2.24, 2.45) is 46.1 Å². The lowest BCUT2D eigenvalue weighted by atomic mass is 9.47. The van der Waals surface area contributed by atoms with Crippen LogP contribution in [-0.4, -0.2) is 29.9 Å². The Hall–Kier alpha value is -1.13. The molecule has 29 heavy (non-hydrogen) atoms. The highest BCUT2D eigenvalue weighted by Crippen LogP contribution is 2.69. The van der Waals surface area contributed by atoms with Crippen molar-refractivity contribution < 1.29 is 14.7 Å². The van der Waals surface area contributed by atoms with Crippen molar-refractivity contribution in [2.75, 3.05) is 7.11 Å². The van der Waals surface area contributed by atoms with Gasteiger partial charge in [0.15, 0.2) is 6.29 Å². The molecule has 1 N–H and O–H groups in total. The van der Waals surface area contributed by atoms with Gasteiger partial charge in [-0.15, -0.1) is 0 Å². The van der Waals surface area contributed by atoms with Crippen LogP contribution in [-0.2, 0) is 9.47 Å². The normalized spacial score (nSPS) is 52.3. The lowest BCUT2D eigenvalue weighted by molar-refractivity contribution is -0.194. The van der Waals surface area contributed by atoms with Crippen LogP contribution in [0.1, 0.15) is 64.7 Å². The summed E-state index contributed by atoms with van der Waals surface area (Å²) in [6.07, 6.45) is 17.9. The van der Waals surface area contributed by atoms with Crippen molar-refractivity contribution in [3.05, 3.63) is 23.8 Å². The van der Waals surface area contributed by atoms with Gasteiger partial charge in [0.05, 0.1) is 11.3 Å². The average molecular weight is 398 g/mol. The van der Waals surface area contributed by atoms with Crippen molar-refractivity contribution in [3.8, 4) is 0 Å². The topological polar surface area (TPSA) is 51.0 Å². The van der Waals surface area contributed by atoms with Crippen molar-refractivity contribution >= 4 is 5.71 Å². The van der Waals surface area contributed by atoms with E-state index in [9.17, 15) is 5.21 Å². The van der Waals surface area contributed by atoms with Gasteiger partial charge in [-0.2, -0.15) is 0 Å². The number of hydrogen-bond donors (Lipinski definition) is 1. The lowest BCUT2D eigenvalue weighted by Gasteiger charge is -2.58. The van der Waals surface area contributed by atoms with Crippen LogP contribution >= 0.6 is 0 Å². The molecule has 1 heterocycles. The molecule has 4 heteroatoms. The molecule has 0 saturated heterocycles. The third-order valence-corrected chi connectivity index (χ3v) is 10.0. The van der Waals surface area contributed by atoms with Crippen LogP contribution in [0.5, 0.6) is 0 Å².